The Bertz CT molecular complexity index is 666. The lowest BCUT2D eigenvalue weighted by atomic mass is 9.92. The van der Waals surface area contributed by atoms with Crippen LogP contribution in [0.15, 0.2) is 29.4 Å². The summed E-state index contributed by atoms with van der Waals surface area (Å²) in [4.78, 5) is 22.7. The first-order valence-corrected chi connectivity index (χ1v) is 9.39. The van der Waals surface area contributed by atoms with E-state index in [0.717, 1.165) is 31.5 Å². The van der Waals surface area contributed by atoms with Gasteiger partial charge >= 0.3 is 0 Å². The number of hydrogen-bond donors (Lipinski definition) is 0. The van der Waals surface area contributed by atoms with Gasteiger partial charge in [0.05, 0.1) is 11.6 Å². The summed E-state index contributed by atoms with van der Waals surface area (Å²) in [5.74, 6) is -0.478. The minimum absolute atomic E-state index is 0.0265. The van der Waals surface area contributed by atoms with E-state index in [9.17, 15) is 9.18 Å². The zero-order valence-electron chi connectivity index (χ0n) is 16.0. The van der Waals surface area contributed by atoms with Crippen LogP contribution >= 0.6 is 0 Å². The normalized spacial score (nSPS) is 24.5. The van der Waals surface area contributed by atoms with Gasteiger partial charge in [0.15, 0.2) is 0 Å². The van der Waals surface area contributed by atoms with E-state index < -0.39 is 6.10 Å². The van der Waals surface area contributed by atoms with Crippen molar-refractivity contribution in [2.24, 2.45) is 11.1 Å². The van der Waals surface area contributed by atoms with Gasteiger partial charge in [0.1, 0.15) is 5.82 Å². The second-order valence-electron chi connectivity index (χ2n) is 7.61. The predicted molar refractivity (Wildman–Crippen MR) is 99.5 cm³/mol. The van der Waals surface area contributed by atoms with Crippen LogP contribution in [-0.4, -0.2) is 59.7 Å². The SMILES string of the molecule is CC(C)N1CCC(N(C)C(=O)[C@@H]2ON=C(c3ccc(F)cc3)[C@@H]2C)CC1. The molecular weight excluding hydrogens is 333 g/mol. The van der Waals surface area contributed by atoms with Crippen LogP contribution in [0.5, 0.6) is 0 Å². The van der Waals surface area contributed by atoms with Crippen LogP contribution in [0.4, 0.5) is 4.39 Å². The monoisotopic (exact) mass is 361 g/mol. The molecule has 0 saturated carbocycles. The van der Waals surface area contributed by atoms with Crippen molar-refractivity contribution in [3.63, 3.8) is 0 Å². The van der Waals surface area contributed by atoms with Gasteiger partial charge in [0.2, 0.25) is 6.10 Å². The lowest BCUT2D eigenvalue weighted by Gasteiger charge is -2.39. The molecule has 2 heterocycles. The number of likely N-dealkylation sites (N-methyl/N-ethyl adjacent to an activating group) is 1. The molecule has 0 unspecified atom stereocenters. The third-order valence-electron chi connectivity index (χ3n) is 5.66. The number of carbonyl (C=O) groups is 1. The molecule has 0 N–H and O–H groups in total. The Morgan fingerprint density at radius 1 is 1.27 bits per heavy atom. The quantitative estimate of drug-likeness (QED) is 0.828. The third-order valence-corrected chi connectivity index (χ3v) is 5.66. The Kier molecular flexibility index (Phi) is 5.61. The maximum Gasteiger partial charge on any atom is 0.267 e. The number of oxime groups is 1. The number of rotatable bonds is 4. The van der Waals surface area contributed by atoms with E-state index in [-0.39, 0.29) is 23.7 Å². The number of nitrogens with zero attached hydrogens (tertiary/aromatic N) is 3. The molecule has 1 saturated heterocycles. The van der Waals surface area contributed by atoms with Crippen LogP contribution in [0.25, 0.3) is 0 Å². The van der Waals surface area contributed by atoms with Gasteiger partial charge < -0.3 is 14.6 Å². The first-order valence-electron chi connectivity index (χ1n) is 9.39. The van der Waals surface area contributed by atoms with E-state index in [0.29, 0.717) is 11.8 Å². The average Bonchev–Trinajstić information content (AvgIpc) is 3.02. The summed E-state index contributed by atoms with van der Waals surface area (Å²) in [6.07, 6.45) is 1.35. The van der Waals surface area contributed by atoms with Crippen molar-refractivity contribution >= 4 is 11.6 Å². The summed E-state index contributed by atoms with van der Waals surface area (Å²) in [7, 11) is 1.87. The van der Waals surface area contributed by atoms with Crippen LogP contribution in [-0.2, 0) is 9.63 Å². The van der Waals surface area contributed by atoms with Gasteiger partial charge in [-0.3, -0.25) is 4.79 Å². The summed E-state index contributed by atoms with van der Waals surface area (Å²) < 4.78 is 13.1. The van der Waals surface area contributed by atoms with Crippen molar-refractivity contribution in [1.29, 1.82) is 0 Å². The topological polar surface area (TPSA) is 45.1 Å². The molecule has 0 radical (unpaired) electrons. The number of amides is 1. The lowest BCUT2D eigenvalue weighted by molar-refractivity contribution is -0.145. The first-order chi connectivity index (χ1) is 12.4. The van der Waals surface area contributed by atoms with Crippen molar-refractivity contribution in [1.82, 2.24) is 9.80 Å². The molecule has 5 nitrogen and oxygen atoms in total. The van der Waals surface area contributed by atoms with Crippen molar-refractivity contribution in [3.05, 3.63) is 35.6 Å². The Hall–Kier alpha value is -1.95. The molecule has 0 aromatic heterocycles. The molecule has 2 aliphatic heterocycles. The highest BCUT2D eigenvalue weighted by atomic mass is 19.1. The summed E-state index contributed by atoms with van der Waals surface area (Å²) in [6.45, 7) is 8.37. The van der Waals surface area contributed by atoms with Crippen LogP contribution in [0.1, 0.15) is 39.2 Å². The number of halogens is 1. The van der Waals surface area contributed by atoms with Gasteiger partial charge in [-0.05, 0) is 44.4 Å². The number of piperidine rings is 1. The minimum Gasteiger partial charge on any atom is -0.381 e. The molecule has 0 aliphatic carbocycles. The van der Waals surface area contributed by atoms with Gasteiger partial charge in [-0.15, -0.1) is 0 Å². The molecule has 1 aromatic carbocycles. The first kappa shape index (κ1) is 18.8. The van der Waals surface area contributed by atoms with E-state index in [2.05, 4.69) is 23.9 Å². The molecule has 0 spiro atoms. The maximum atomic E-state index is 13.1. The Morgan fingerprint density at radius 2 is 1.88 bits per heavy atom. The highest BCUT2D eigenvalue weighted by Gasteiger charge is 2.40. The molecule has 0 bridgehead atoms. The lowest BCUT2D eigenvalue weighted by Crippen LogP contribution is -2.50. The zero-order valence-corrected chi connectivity index (χ0v) is 16.0. The van der Waals surface area contributed by atoms with Gasteiger partial charge in [-0.2, -0.15) is 0 Å². The average molecular weight is 361 g/mol. The number of hydrogen-bond acceptors (Lipinski definition) is 4. The number of benzene rings is 1. The van der Waals surface area contributed by atoms with Gasteiger partial charge in [0.25, 0.3) is 5.91 Å². The van der Waals surface area contributed by atoms with Crippen LogP contribution < -0.4 is 0 Å². The van der Waals surface area contributed by atoms with E-state index >= 15 is 0 Å². The fourth-order valence-electron chi connectivity index (χ4n) is 3.80. The fourth-order valence-corrected chi connectivity index (χ4v) is 3.80. The third kappa shape index (κ3) is 3.75. The highest BCUT2D eigenvalue weighted by Crippen LogP contribution is 2.26. The van der Waals surface area contributed by atoms with Crippen LogP contribution in [0, 0.1) is 11.7 Å². The molecule has 1 aromatic rings. The smallest absolute Gasteiger partial charge is 0.267 e. The number of carbonyl (C=O) groups excluding carboxylic acids is 1. The Morgan fingerprint density at radius 3 is 2.46 bits per heavy atom. The van der Waals surface area contributed by atoms with E-state index in [1.165, 1.54) is 12.1 Å². The molecule has 2 atom stereocenters. The summed E-state index contributed by atoms with van der Waals surface area (Å²) in [5.41, 5.74) is 1.49. The summed E-state index contributed by atoms with van der Waals surface area (Å²) in [5, 5.41) is 4.12. The number of likely N-dealkylation sites (tertiary alicyclic amines) is 1. The highest BCUT2D eigenvalue weighted by molar-refractivity contribution is 6.05. The van der Waals surface area contributed by atoms with Gasteiger partial charge in [0, 0.05) is 32.2 Å². The molecule has 1 fully saturated rings. The van der Waals surface area contributed by atoms with E-state index in [1.54, 1.807) is 12.1 Å². The molecule has 3 rings (SSSR count). The minimum atomic E-state index is -0.608. The standard InChI is InChI=1S/C20H28FN3O2/c1-13(2)24-11-9-17(10-12-24)23(4)20(25)19-14(3)18(22-26-19)15-5-7-16(21)8-6-15/h5-8,13-14,17,19H,9-12H2,1-4H3/t14-,19+/m0/s1. The molecule has 6 heteroatoms. The second-order valence-corrected chi connectivity index (χ2v) is 7.61. The zero-order chi connectivity index (χ0) is 18.8. The molecular formula is C20H28FN3O2. The van der Waals surface area contributed by atoms with Crippen molar-refractivity contribution in [2.45, 2.75) is 51.8 Å². The largest absolute Gasteiger partial charge is 0.381 e. The molecule has 1 amide bonds. The van der Waals surface area contributed by atoms with Gasteiger partial charge in [-0.25, -0.2) is 4.39 Å². The molecule has 142 valence electrons. The van der Waals surface area contributed by atoms with Gasteiger partial charge in [-0.1, -0.05) is 24.2 Å². The summed E-state index contributed by atoms with van der Waals surface area (Å²) >= 11 is 0. The molecule has 26 heavy (non-hydrogen) atoms. The summed E-state index contributed by atoms with van der Waals surface area (Å²) in [6, 6.07) is 6.92. The van der Waals surface area contributed by atoms with E-state index in [4.69, 9.17) is 4.84 Å². The van der Waals surface area contributed by atoms with Crippen molar-refractivity contribution in [3.8, 4) is 0 Å². The maximum absolute atomic E-state index is 13.1. The van der Waals surface area contributed by atoms with Crippen LogP contribution in [0.2, 0.25) is 0 Å². The van der Waals surface area contributed by atoms with E-state index in [1.807, 2.05) is 18.9 Å². The Labute approximate surface area is 154 Å². The Balaban J connectivity index is 1.61. The molecule has 2 aliphatic rings. The fraction of sp³-hybridized carbons (Fsp3) is 0.600. The second kappa shape index (κ2) is 7.74. The predicted octanol–water partition coefficient (Wildman–Crippen LogP) is 2.90. The van der Waals surface area contributed by atoms with Crippen LogP contribution in [0.3, 0.4) is 0 Å². The van der Waals surface area contributed by atoms with Crippen molar-refractivity contribution in [2.75, 3.05) is 20.1 Å². The van der Waals surface area contributed by atoms with Crippen molar-refractivity contribution < 1.29 is 14.0 Å².